The predicted molar refractivity (Wildman–Crippen MR) is 74.8 cm³/mol. The van der Waals surface area contributed by atoms with Gasteiger partial charge in [0.25, 0.3) is 5.69 Å². The Morgan fingerprint density at radius 2 is 1.60 bits per heavy atom. The molecule has 0 unspecified atom stereocenters. The summed E-state index contributed by atoms with van der Waals surface area (Å²) in [6, 6.07) is 4.72. The van der Waals surface area contributed by atoms with Crippen LogP contribution in [0.25, 0.3) is 0 Å². The summed E-state index contributed by atoms with van der Waals surface area (Å²) in [6.45, 7) is 2.68. The second kappa shape index (κ2) is 5.88. The van der Waals surface area contributed by atoms with Crippen molar-refractivity contribution in [1.29, 1.82) is 0 Å². The van der Waals surface area contributed by atoms with Gasteiger partial charge in [-0.1, -0.05) is 26.0 Å². The highest BCUT2D eigenvalue weighted by Gasteiger charge is 2.37. The predicted octanol–water partition coefficient (Wildman–Crippen LogP) is 1.46. The smallest absolute Gasteiger partial charge is 0.258 e. The molecule has 0 fully saturated rings. The van der Waals surface area contributed by atoms with E-state index in [0.29, 0.717) is 0 Å². The van der Waals surface area contributed by atoms with Gasteiger partial charge in [0.05, 0.1) is 4.92 Å². The lowest BCUT2D eigenvalue weighted by atomic mass is 10.2. The molecule has 1 aromatic carbocycles. The van der Waals surface area contributed by atoms with E-state index < -0.39 is 29.2 Å². The molecule has 0 spiro atoms. The minimum Gasteiger partial charge on any atom is -0.258 e. The summed E-state index contributed by atoms with van der Waals surface area (Å²) in [6.07, 6.45) is 0. The zero-order valence-corrected chi connectivity index (χ0v) is 12.6. The second-order valence-corrected chi connectivity index (χ2v) is 9.13. The van der Waals surface area contributed by atoms with Gasteiger partial charge in [0.15, 0.2) is 24.3 Å². The fraction of sp³-hybridized carbons (Fsp3) is 0.455. The Bertz CT molecular complexity index is 674. The molecule has 7 nitrogen and oxygen atoms in total. The lowest BCUT2D eigenvalue weighted by Gasteiger charge is -2.16. The Labute approximate surface area is 117 Å². The van der Waals surface area contributed by atoms with Crippen molar-refractivity contribution < 1.29 is 21.8 Å². The largest absolute Gasteiger partial charge is 0.269 e. The fourth-order valence-electron chi connectivity index (χ4n) is 1.73. The van der Waals surface area contributed by atoms with Crippen LogP contribution in [0.5, 0.6) is 0 Å². The standard InChI is InChI=1S/C11H15NO6S2/c1-3-19(15,16)11(20(17,18)4-2)9-6-5-7-10(8-9)12(13)14/h5-8,11H,3-4H2,1-2H3. The van der Waals surface area contributed by atoms with Crippen molar-refractivity contribution in [3.8, 4) is 0 Å². The van der Waals surface area contributed by atoms with Crippen LogP contribution >= 0.6 is 0 Å². The van der Waals surface area contributed by atoms with Gasteiger partial charge < -0.3 is 0 Å². The molecule has 0 N–H and O–H groups in total. The molecule has 0 saturated heterocycles. The topological polar surface area (TPSA) is 111 Å². The van der Waals surface area contributed by atoms with Crippen molar-refractivity contribution in [1.82, 2.24) is 0 Å². The molecule has 0 heterocycles. The maximum absolute atomic E-state index is 12.0. The van der Waals surface area contributed by atoms with Crippen LogP contribution in [-0.2, 0) is 19.7 Å². The summed E-state index contributed by atoms with van der Waals surface area (Å²) in [7, 11) is -7.87. The van der Waals surface area contributed by atoms with E-state index in [9.17, 15) is 26.9 Å². The van der Waals surface area contributed by atoms with Crippen LogP contribution in [0.2, 0.25) is 0 Å². The molecule has 0 aromatic heterocycles. The first kappa shape index (κ1) is 16.6. The van der Waals surface area contributed by atoms with E-state index in [1.807, 2.05) is 0 Å². The molecule has 0 aliphatic carbocycles. The summed E-state index contributed by atoms with van der Waals surface area (Å²) >= 11 is 0. The highest BCUT2D eigenvalue weighted by molar-refractivity contribution is 8.08. The minimum absolute atomic E-state index is 0.0945. The van der Waals surface area contributed by atoms with Gasteiger partial charge in [0, 0.05) is 23.6 Å². The minimum atomic E-state index is -3.94. The van der Waals surface area contributed by atoms with Crippen LogP contribution in [0.15, 0.2) is 24.3 Å². The van der Waals surface area contributed by atoms with Crippen LogP contribution in [0.3, 0.4) is 0 Å². The SMILES string of the molecule is CCS(=O)(=O)C(c1cccc([N+](=O)[O-])c1)S(=O)(=O)CC. The summed E-state index contributed by atoms with van der Waals surface area (Å²) in [5, 5.41) is 10.7. The number of hydrogen-bond acceptors (Lipinski definition) is 6. The maximum atomic E-state index is 12.0. The number of non-ortho nitro benzene ring substituents is 1. The summed E-state index contributed by atoms with van der Waals surface area (Å²) in [5.41, 5.74) is -0.437. The van der Waals surface area contributed by atoms with Gasteiger partial charge in [-0.25, -0.2) is 16.8 Å². The van der Waals surface area contributed by atoms with Crippen molar-refractivity contribution in [2.75, 3.05) is 11.5 Å². The van der Waals surface area contributed by atoms with E-state index in [-0.39, 0.29) is 22.8 Å². The molecule has 0 saturated carbocycles. The number of sulfone groups is 2. The Hall–Kier alpha value is -1.48. The third-order valence-corrected chi connectivity index (χ3v) is 8.03. The highest BCUT2D eigenvalue weighted by Crippen LogP contribution is 2.31. The molecule has 9 heteroatoms. The molecule has 0 aliphatic heterocycles. The molecule has 112 valence electrons. The van der Waals surface area contributed by atoms with Gasteiger partial charge in [-0.3, -0.25) is 10.1 Å². The van der Waals surface area contributed by atoms with Crippen LogP contribution in [0, 0.1) is 10.1 Å². The summed E-state index contributed by atoms with van der Waals surface area (Å²) < 4.78 is 46.4. The lowest BCUT2D eigenvalue weighted by Crippen LogP contribution is -2.25. The lowest BCUT2D eigenvalue weighted by molar-refractivity contribution is -0.384. The van der Waals surface area contributed by atoms with Crippen LogP contribution < -0.4 is 0 Å². The summed E-state index contributed by atoms with van der Waals surface area (Å²) in [4.78, 5) is 10.0. The average molecular weight is 321 g/mol. The zero-order chi connectivity index (χ0) is 15.6. The summed E-state index contributed by atoms with van der Waals surface area (Å²) in [5.74, 6) is -0.723. The molecule has 0 bridgehead atoms. The highest BCUT2D eigenvalue weighted by atomic mass is 32.3. The van der Waals surface area contributed by atoms with Crippen molar-refractivity contribution in [2.24, 2.45) is 0 Å². The first-order valence-corrected chi connectivity index (χ1v) is 9.26. The fourth-order valence-corrected chi connectivity index (χ4v) is 6.06. The first-order valence-electron chi connectivity index (χ1n) is 5.83. The Kier molecular flexibility index (Phi) is 4.87. The normalized spacial score (nSPS) is 12.6. The maximum Gasteiger partial charge on any atom is 0.269 e. The quantitative estimate of drug-likeness (QED) is 0.579. The second-order valence-electron chi connectivity index (χ2n) is 4.09. The van der Waals surface area contributed by atoms with E-state index in [1.54, 1.807) is 0 Å². The molecular weight excluding hydrogens is 306 g/mol. The van der Waals surface area contributed by atoms with Gasteiger partial charge in [0.2, 0.25) is 0 Å². The van der Waals surface area contributed by atoms with E-state index in [4.69, 9.17) is 0 Å². The molecule has 1 aromatic rings. The number of benzene rings is 1. The number of nitro groups is 1. The van der Waals surface area contributed by atoms with E-state index in [2.05, 4.69) is 0 Å². The first-order chi connectivity index (χ1) is 9.15. The third kappa shape index (κ3) is 3.34. The van der Waals surface area contributed by atoms with Gasteiger partial charge in [-0.2, -0.15) is 0 Å². The zero-order valence-electron chi connectivity index (χ0n) is 11.0. The van der Waals surface area contributed by atoms with Crippen LogP contribution in [0.1, 0.15) is 24.0 Å². The number of nitro benzene ring substituents is 1. The molecule has 0 radical (unpaired) electrons. The molecule has 0 atom stereocenters. The molecular formula is C11H15NO6S2. The van der Waals surface area contributed by atoms with Gasteiger partial charge in [-0.05, 0) is 5.56 Å². The van der Waals surface area contributed by atoms with Gasteiger partial charge in [0.1, 0.15) is 0 Å². The van der Waals surface area contributed by atoms with Crippen molar-refractivity contribution in [3.63, 3.8) is 0 Å². The van der Waals surface area contributed by atoms with Gasteiger partial charge in [-0.15, -0.1) is 0 Å². The van der Waals surface area contributed by atoms with Crippen molar-refractivity contribution in [2.45, 2.75) is 18.4 Å². The average Bonchev–Trinajstić information content (AvgIpc) is 2.38. The third-order valence-electron chi connectivity index (χ3n) is 2.81. The molecule has 0 amide bonds. The van der Waals surface area contributed by atoms with Crippen molar-refractivity contribution >= 4 is 25.4 Å². The van der Waals surface area contributed by atoms with E-state index >= 15 is 0 Å². The van der Waals surface area contributed by atoms with E-state index in [1.165, 1.54) is 32.0 Å². The van der Waals surface area contributed by atoms with Crippen LogP contribution in [-0.4, -0.2) is 33.3 Å². The number of hydrogen-bond donors (Lipinski definition) is 0. The Morgan fingerprint density at radius 1 is 1.10 bits per heavy atom. The van der Waals surface area contributed by atoms with E-state index in [0.717, 1.165) is 6.07 Å². The van der Waals surface area contributed by atoms with Crippen molar-refractivity contribution in [3.05, 3.63) is 39.9 Å². The Balaban J connectivity index is 3.56. The Morgan fingerprint density at radius 3 is 2.00 bits per heavy atom. The monoisotopic (exact) mass is 321 g/mol. The molecule has 1 rings (SSSR count). The molecule has 0 aliphatic rings. The number of nitrogens with zero attached hydrogens (tertiary/aromatic N) is 1. The number of rotatable bonds is 6. The van der Waals surface area contributed by atoms with Crippen LogP contribution in [0.4, 0.5) is 5.69 Å². The van der Waals surface area contributed by atoms with Gasteiger partial charge >= 0.3 is 0 Å². The molecule has 20 heavy (non-hydrogen) atoms.